The summed E-state index contributed by atoms with van der Waals surface area (Å²) in [5.41, 5.74) is 3.78. The van der Waals surface area contributed by atoms with Gasteiger partial charge in [0.25, 0.3) is 0 Å². The normalized spacial score (nSPS) is 10.8. The first-order valence-corrected chi connectivity index (χ1v) is 7.53. The molecule has 0 unspecified atom stereocenters. The Balaban J connectivity index is 2.05. The molecular formula is C16H19NO3S. The van der Waals surface area contributed by atoms with Gasteiger partial charge in [0, 0.05) is 23.5 Å². The Morgan fingerprint density at radius 2 is 1.86 bits per heavy atom. The third-order valence-corrected chi connectivity index (χ3v) is 4.65. The Bertz CT molecular complexity index is 676. The third-order valence-electron chi connectivity index (χ3n) is 3.57. The highest BCUT2D eigenvalue weighted by atomic mass is 32.1. The smallest absolute Gasteiger partial charge is 0.345 e. The molecule has 1 aromatic carbocycles. The van der Waals surface area contributed by atoms with Crippen LogP contribution in [0.4, 0.5) is 0 Å². The molecule has 0 radical (unpaired) electrons. The molecule has 0 spiro atoms. The molecule has 0 saturated heterocycles. The Morgan fingerprint density at radius 3 is 2.48 bits per heavy atom. The summed E-state index contributed by atoms with van der Waals surface area (Å²) in [7, 11) is 0. The van der Waals surface area contributed by atoms with Crippen molar-refractivity contribution in [3.05, 3.63) is 50.2 Å². The van der Waals surface area contributed by atoms with E-state index in [9.17, 15) is 9.90 Å². The van der Waals surface area contributed by atoms with E-state index in [4.69, 9.17) is 5.11 Å². The van der Waals surface area contributed by atoms with E-state index in [2.05, 4.69) is 5.32 Å². The van der Waals surface area contributed by atoms with Crippen LogP contribution in [-0.2, 0) is 13.1 Å². The number of carboxylic acid groups (broad SMARTS) is 1. The molecular weight excluding hydrogens is 286 g/mol. The minimum atomic E-state index is -0.887. The van der Waals surface area contributed by atoms with E-state index in [1.54, 1.807) is 6.07 Å². The number of hydrogen-bond acceptors (Lipinski definition) is 4. The molecule has 0 atom stereocenters. The predicted molar refractivity (Wildman–Crippen MR) is 84.1 cm³/mol. The predicted octanol–water partition coefficient (Wildman–Crippen LogP) is 3.37. The Morgan fingerprint density at radius 1 is 1.19 bits per heavy atom. The molecule has 21 heavy (non-hydrogen) atoms. The lowest BCUT2D eigenvalue weighted by Crippen LogP contribution is -2.14. The summed E-state index contributed by atoms with van der Waals surface area (Å²) < 4.78 is 0. The summed E-state index contributed by atoms with van der Waals surface area (Å²) in [5.74, 6) is -0.558. The second-order valence-electron chi connectivity index (χ2n) is 5.13. The number of rotatable bonds is 5. The molecule has 0 saturated carbocycles. The van der Waals surface area contributed by atoms with E-state index in [1.165, 1.54) is 11.3 Å². The van der Waals surface area contributed by atoms with Crippen molar-refractivity contribution in [2.75, 3.05) is 0 Å². The zero-order valence-corrected chi connectivity index (χ0v) is 13.2. The molecule has 0 fully saturated rings. The second kappa shape index (κ2) is 6.28. The highest BCUT2D eigenvalue weighted by molar-refractivity contribution is 7.14. The summed E-state index contributed by atoms with van der Waals surface area (Å²) in [6, 6.07) is 5.60. The number of carboxylic acids is 1. The molecule has 0 aliphatic heterocycles. The van der Waals surface area contributed by atoms with E-state index in [1.807, 2.05) is 32.9 Å². The van der Waals surface area contributed by atoms with E-state index in [-0.39, 0.29) is 0 Å². The Labute approximate surface area is 128 Å². The number of phenolic OH excluding ortho intramolecular Hbond substituents is 1. The molecule has 4 nitrogen and oxygen atoms in total. The zero-order chi connectivity index (χ0) is 15.6. The van der Waals surface area contributed by atoms with Crippen LogP contribution in [0.15, 0.2) is 18.2 Å². The molecule has 0 aliphatic rings. The molecule has 5 heteroatoms. The number of aryl methyl sites for hydroxylation is 3. The standard InChI is InChI=1S/C16H19NO3S/c1-9-4-5-10(2)15(18)13(9)8-17-7-12-6-14(16(19)20)21-11(12)3/h4-6,17-18H,7-8H2,1-3H3,(H,19,20). The zero-order valence-electron chi connectivity index (χ0n) is 12.4. The van der Waals surface area contributed by atoms with Gasteiger partial charge in [-0.1, -0.05) is 12.1 Å². The summed E-state index contributed by atoms with van der Waals surface area (Å²) in [6.07, 6.45) is 0. The van der Waals surface area contributed by atoms with Crippen LogP contribution in [0.3, 0.4) is 0 Å². The van der Waals surface area contributed by atoms with E-state index < -0.39 is 5.97 Å². The van der Waals surface area contributed by atoms with Crippen LogP contribution >= 0.6 is 11.3 Å². The van der Waals surface area contributed by atoms with Gasteiger partial charge in [-0.3, -0.25) is 0 Å². The Hall–Kier alpha value is -1.85. The van der Waals surface area contributed by atoms with Crippen LogP contribution < -0.4 is 5.32 Å². The van der Waals surface area contributed by atoms with Crippen LogP contribution in [0.1, 0.15) is 36.8 Å². The first kappa shape index (κ1) is 15.5. The van der Waals surface area contributed by atoms with Crippen LogP contribution in [0.5, 0.6) is 5.75 Å². The quantitative estimate of drug-likeness (QED) is 0.792. The number of carbonyl (C=O) groups is 1. The van der Waals surface area contributed by atoms with Crippen LogP contribution in [0.2, 0.25) is 0 Å². The molecule has 0 amide bonds. The maximum Gasteiger partial charge on any atom is 0.345 e. The van der Waals surface area contributed by atoms with Crippen molar-refractivity contribution in [2.45, 2.75) is 33.9 Å². The van der Waals surface area contributed by atoms with Gasteiger partial charge in [0.05, 0.1) is 0 Å². The first-order chi connectivity index (χ1) is 9.90. The monoisotopic (exact) mass is 305 g/mol. The van der Waals surface area contributed by atoms with Gasteiger partial charge in [-0.15, -0.1) is 11.3 Å². The first-order valence-electron chi connectivity index (χ1n) is 6.71. The van der Waals surface area contributed by atoms with Crippen LogP contribution in [-0.4, -0.2) is 16.2 Å². The SMILES string of the molecule is Cc1ccc(C)c(CNCc2cc(C(=O)O)sc2C)c1O. The summed E-state index contributed by atoms with van der Waals surface area (Å²) >= 11 is 1.29. The minimum Gasteiger partial charge on any atom is -0.507 e. The number of nitrogens with one attached hydrogen (secondary N) is 1. The van der Waals surface area contributed by atoms with Gasteiger partial charge in [0.15, 0.2) is 0 Å². The van der Waals surface area contributed by atoms with Crippen molar-refractivity contribution in [2.24, 2.45) is 0 Å². The molecule has 3 N–H and O–H groups in total. The van der Waals surface area contributed by atoms with Crippen LogP contribution in [0, 0.1) is 20.8 Å². The van der Waals surface area contributed by atoms with Gasteiger partial charge >= 0.3 is 5.97 Å². The van der Waals surface area contributed by atoms with E-state index in [0.29, 0.717) is 23.7 Å². The molecule has 0 aliphatic carbocycles. The maximum absolute atomic E-state index is 10.9. The molecule has 112 valence electrons. The second-order valence-corrected chi connectivity index (χ2v) is 6.38. The van der Waals surface area contributed by atoms with Crippen molar-refractivity contribution in [3.8, 4) is 5.75 Å². The van der Waals surface area contributed by atoms with Crippen molar-refractivity contribution in [3.63, 3.8) is 0 Å². The van der Waals surface area contributed by atoms with Gasteiger partial charge in [-0.2, -0.15) is 0 Å². The molecule has 1 heterocycles. The van der Waals surface area contributed by atoms with Crippen molar-refractivity contribution in [1.29, 1.82) is 0 Å². The minimum absolute atomic E-state index is 0.329. The number of aromatic hydroxyl groups is 1. The number of aromatic carboxylic acids is 1. The molecule has 2 rings (SSSR count). The van der Waals surface area contributed by atoms with Gasteiger partial charge in [-0.25, -0.2) is 4.79 Å². The summed E-state index contributed by atoms with van der Waals surface area (Å²) in [4.78, 5) is 12.3. The largest absolute Gasteiger partial charge is 0.507 e. The van der Waals surface area contributed by atoms with Gasteiger partial charge in [0.2, 0.25) is 0 Å². The van der Waals surface area contributed by atoms with Crippen molar-refractivity contribution >= 4 is 17.3 Å². The highest BCUT2D eigenvalue weighted by Crippen LogP contribution is 2.25. The third kappa shape index (κ3) is 3.43. The molecule has 2 aromatic rings. The van der Waals surface area contributed by atoms with E-state index in [0.717, 1.165) is 27.1 Å². The molecule has 1 aromatic heterocycles. The highest BCUT2D eigenvalue weighted by Gasteiger charge is 2.12. The maximum atomic E-state index is 10.9. The van der Waals surface area contributed by atoms with Crippen LogP contribution in [0.25, 0.3) is 0 Å². The average molecular weight is 305 g/mol. The van der Waals surface area contributed by atoms with E-state index >= 15 is 0 Å². The lowest BCUT2D eigenvalue weighted by atomic mass is 10.0. The van der Waals surface area contributed by atoms with Crippen molar-refractivity contribution in [1.82, 2.24) is 5.32 Å². The summed E-state index contributed by atoms with van der Waals surface area (Å²) in [6.45, 7) is 6.90. The number of benzene rings is 1. The fraction of sp³-hybridized carbons (Fsp3) is 0.312. The van der Waals surface area contributed by atoms with Gasteiger partial charge in [0.1, 0.15) is 10.6 Å². The van der Waals surface area contributed by atoms with Crippen molar-refractivity contribution < 1.29 is 15.0 Å². The van der Waals surface area contributed by atoms with Gasteiger partial charge < -0.3 is 15.5 Å². The molecule has 0 bridgehead atoms. The number of hydrogen-bond donors (Lipinski definition) is 3. The average Bonchev–Trinajstić information content (AvgIpc) is 2.80. The fourth-order valence-electron chi connectivity index (χ4n) is 2.20. The number of thiophene rings is 1. The number of phenols is 1. The Kier molecular flexibility index (Phi) is 4.65. The van der Waals surface area contributed by atoms with Gasteiger partial charge in [-0.05, 0) is 43.5 Å². The summed E-state index contributed by atoms with van der Waals surface area (Å²) in [5, 5.41) is 22.4. The lowest BCUT2D eigenvalue weighted by molar-refractivity contribution is 0.0702. The lowest BCUT2D eigenvalue weighted by Gasteiger charge is -2.11. The fourth-order valence-corrected chi connectivity index (χ4v) is 3.08. The topological polar surface area (TPSA) is 69.6 Å².